The van der Waals surface area contributed by atoms with Crippen LogP contribution in [0, 0.1) is 12.8 Å². The lowest BCUT2D eigenvalue weighted by Crippen LogP contribution is -1.99. The molecule has 1 unspecified atom stereocenters. The maximum atomic E-state index is 5.70. The fraction of sp³-hybridized carbons (Fsp3) is 0.500. The zero-order valence-electron chi connectivity index (χ0n) is 14.3. The molecule has 21 heavy (non-hydrogen) atoms. The minimum Gasteiger partial charge on any atom is -0.501 e. The number of aryl methyl sites for hydroxylation is 1. The van der Waals surface area contributed by atoms with Crippen molar-refractivity contribution in [1.82, 2.24) is 0 Å². The molecular formula is C20H30O. The average molecular weight is 286 g/mol. The smallest absolute Gasteiger partial charge is 0.0876 e. The molecular weight excluding hydrogens is 256 g/mol. The summed E-state index contributed by atoms with van der Waals surface area (Å²) in [6.45, 7) is 11.6. The van der Waals surface area contributed by atoms with E-state index in [1.54, 1.807) is 0 Å². The molecule has 0 aliphatic rings. The number of rotatable bonds is 8. The normalized spacial score (nSPS) is 12.9. The van der Waals surface area contributed by atoms with Crippen LogP contribution in [0.2, 0.25) is 0 Å². The Kier molecular flexibility index (Phi) is 7.89. The maximum absolute atomic E-state index is 5.70. The number of hydrogen-bond donors (Lipinski definition) is 0. The van der Waals surface area contributed by atoms with Crippen molar-refractivity contribution in [1.29, 1.82) is 0 Å². The van der Waals surface area contributed by atoms with Crippen LogP contribution < -0.4 is 0 Å². The van der Waals surface area contributed by atoms with Crippen molar-refractivity contribution in [2.45, 2.75) is 53.9 Å². The van der Waals surface area contributed by atoms with E-state index in [2.05, 4.69) is 65.0 Å². The monoisotopic (exact) mass is 286 g/mol. The Morgan fingerprint density at radius 2 is 1.76 bits per heavy atom. The molecule has 0 heterocycles. The highest BCUT2D eigenvalue weighted by molar-refractivity contribution is 5.62. The molecule has 0 radical (unpaired) electrons. The van der Waals surface area contributed by atoms with Crippen molar-refractivity contribution < 1.29 is 4.74 Å². The van der Waals surface area contributed by atoms with Gasteiger partial charge in [-0.25, -0.2) is 0 Å². The minimum absolute atomic E-state index is 0.716. The molecule has 0 aromatic heterocycles. The highest BCUT2D eigenvalue weighted by Crippen LogP contribution is 2.15. The minimum atomic E-state index is 0.716. The lowest BCUT2D eigenvalue weighted by Gasteiger charge is -2.10. The highest BCUT2D eigenvalue weighted by atomic mass is 16.5. The zero-order valence-corrected chi connectivity index (χ0v) is 14.3. The van der Waals surface area contributed by atoms with E-state index in [1.165, 1.54) is 35.1 Å². The Balaban J connectivity index is 2.27. The second-order valence-corrected chi connectivity index (χ2v) is 6.29. The Morgan fingerprint density at radius 3 is 2.38 bits per heavy atom. The first-order valence-corrected chi connectivity index (χ1v) is 7.98. The first-order valence-electron chi connectivity index (χ1n) is 7.98. The number of benzene rings is 1. The summed E-state index contributed by atoms with van der Waals surface area (Å²) >= 11 is 0. The molecule has 0 saturated carbocycles. The molecule has 1 aromatic rings. The predicted molar refractivity (Wildman–Crippen MR) is 93.2 cm³/mol. The summed E-state index contributed by atoms with van der Waals surface area (Å²) in [7, 11) is 0. The topological polar surface area (TPSA) is 9.23 Å². The third-order valence-corrected chi connectivity index (χ3v) is 3.71. The van der Waals surface area contributed by atoms with Crippen molar-refractivity contribution >= 4 is 5.57 Å². The Hall–Kier alpha value is -1.50. The molecule has 1 nitrogen and oxygen atoms in total. The molecule has 0 aliphatic carbocycles. The fourth-order valence-electron chi connectivity index (χ4n) is 2.14. The van der Waals surface area contributed by atoms with Crippen LogP contribution in [0.4, 0.5) is 0 Å². The van der Waals surface area contributed by atoms with Gasteiger partial charge in [-0.2, -0.15) is 0 Å². The summed E-state index contributed by atoms with van der Waals surface area (Å²) in [5, 5.41) is 0. The van der Waals surface area contributed by atoms with E-state index in [4.69, 9.17) is 4.74 Å². The SMILES string of the molecule is CC(C)=CCCC(C)CCO/C=C(\C)c1ccc(C)cc1. The van der Waals surface area contributed by atoms with Gasteiger partial charge in [0.15, 0.2) is 0 Å². The van der Waals surface area contributed by atoms with Gasteiger partial charge in [0.1, 0.15) is 0 Å². The van der Waals surface area contributed by atoms with Gasteiger partial charge in [-0.05, 0) is 64.0 Å². The summed E-state index contributed by atoms with van der Waals surface area (Å²) in [4.78, 5) is 0. The van der Waals surface area contributed by atoms with Crippen LogP contribution in [0.25, 0.3) is 5.57 Å². The lowest BCUT2D eigenvalue weighted by atomic mass is 10.0. The molecule has 0 saturated heterocycles. The molecule has 0 bridgehead atoms. The second-order valence-electron chi connectivity index (χ2n) is 6.29. The summed E-state index contributed by atoms with van der Waals surface area (Å²) in [5.41, 5.74) is 5.12. The second kappa shape index (κ2) is 9.44. The predicted octanol–water partition coefficient (Wildman–Crippen LogP) is 6.15. The summed E-state index contributed by atoms with van der Waals surface area (Å²) in [5.74, 6) is 0.716. The highest BCUT2D eigenvalue weighted by Gasteiger charge is 2.01. The van der Waals surface area contributed by atoms with E-state index in [0.717, 1.165) is 13.0 Å². The Labute approximate surface area is 130 Å². The standard InChI is InChI=1S/C20H30O/c1-16(2)7-6-8-17(3)13-14-21-15-19(5)20-11-9-18(4)10-12-20/h7,9-12,15,17H,6,8,13-14H2,1-5H3/b19-15+. The van der Waals surface area contributed by atoms with E-state index in [0.29, 0.717) is 5.92 Å². The van der Waals surface area contributed by atoms with Crippen LogP contribution >= 0.6 is 0 Å². The van der Waals surface area contributed by atoms with Crippen molar-refractivity contribution in [3.63, 3.8) is 0 Å². The molecule has 1 heteroatoms. The first-order chi connectivity index (χ1) is 9.99. The Morgan fingerprint density at radius 1 is 1.10 bits per heavy atom. The van der Waals surface area contributed by atoms with Crippen LogP contribution in [0.5, 0.6) is 0 Å². The van der Waals surface area contributed by atoms with E-state index < -0.39 is 0 Å². The lowest BCUT2D eigenvalue weighted by molar-refractivity contribution is 0.224. The first kappa shape index (κ1) is 17.6. The van der Waals surface area contributed by atoms with Crippen molar-refractivity contribution in [2.75, 3.05) is 6.61 Å². The van der Waals surface area contributed by atoms with Gasteiger partial charge in [0.05, 0.1) is 12.9 Å². The molecule has 0 amide bonds. The summed E-state index contributed by atoms with van der Waals surface area (Å²) < 4.78 is 5.70. The molecule has 1 atom stereocenters. The van der Waals surface area contributed by atoms with Crippen LogP contribution in [0.1, 0.15) is 58.1 Å². The van der Waals surface area contributed by atoms with E-state index in [-0.39, 0.29) is 0 Å². The number of hydrogen-bond acceptors (Lipinski definition) is 1. The molecule has 1 rings (SSSR count). The molecule has 0 spiro atoms. The van der Waals surface area contributed by atoms with Crippen molar-refractivity contribution in [2.24, 2.45) is 5.92 Å². The van der Waals surface area contributed by atoms with Crippen molar-refractivity contribution in [3.8, 4) is 0 Å². The Bertz CT molecular complexity index is 461. The fourth-order valence-corrected chi connectivity index (χ4v) is 2.14. The van der Waals surface area contributed by atoms with Crippen LogP contribution in [0.15, 0.2) is 42.2 Å². The van der Waals surface area contributed by atoms with Crippen LogP contribution in [0.3, 0.4) is 0 Å². The molecule has 116 valence electrons. The van der Waals surface area contributed by atoms with Gasteiger partial charge >= 0.3 is 0 Å². The molecule has 0 aliphatic heterocycles. The quantitative estimate of drug-likeness (QED) is 0.316. The van der Waals surface area contributed by atoms with Gasteiger partial charge in [0.2, 0.25) is 0 Å². The molecule has 0 N–H and O–H groups in total. The van der Waals surface area contributed by atoms with Crippen molar-refractivity contribution in [3.05, 3.63) is 53.3 Å². The van der Waals surface area contributed by atoms with Gasteiger partial charge in [0, 0.05) is 0 Å². The summed E-state index contributed by atoms with van der Waals surface area (Å²) in [6.07, 6.45) is 7.76. The maximum Gasteiger partial charge on any atom is 0.0876 e. The van der Waals surface area contributed by atoms with Gasteiger partial charge in [-0.3, -0.25) is 0 Å². The number of ether oxygens (including phenoxy) is 1. The van der Waals surface area contributed by atoms with E-state index in [9.17, 15) is 0 Å². The van der Waals surface area contributed by atoms with Gasteiger partial charge in [0.25, 0.3) is 0 Å². The van der Waals surface area contributed by atoms with Crippen LogP contribution in [-0.4, -0.2) is 6.61 Å². The largest absolute Gasteiger partial charge is 0.501 e. The van der Waals surface area contributed by atoms with Gasteiger partial charge in [-0.1, -0.05) is 48.4 Å². The molecule has 0 fully saturated rings. The summed E-state index contributed by atoms with van der Waals surface area (Å²) in [6, 6.07) is 8.56. The van der Waals surface area contributed by atoms with E-state index in [1.807, 2.05) is 6.26 Å². The van der Waals surface area contributed by atoms with Gasteiger partial charge < -0.3 is 4.74 Å². The van der Waals surface area contributed by atoms with E-state index >= 15 is 0 Å². The zero-order chi connectivity index (χ0) is 15.7. The average Bonchev–Trinajstić information content (AvgIpc) is 2.43. The number of allylic oxidation sites excluding steroid dienone is 3. The van der Waals surface area contributed by atoms with Gasteiger partial charge in [-0.15, -0.1) is 0 Å². The molecule has 1 aromatic carbocycles. The van der Waals surface area contributed by atoms with Crippen LogP contribution in [-0.2, 0) is 4.74 Å². The third kappa shape index (κ3) is 7.75. The third-order valence-electron chi connectivity index (χ3n) is 3.71.